The van der Waals surface area contributed by atoms with Gasteiger partial charge in [-0.1, -0.05) is 81.4 Å². The van der Waals surface area contributed by atoms with Crippen LogP contribution in [0.4, 0.5) is 4.39 Å². The van der Waals surface area contributed by atoms with E-state index in [0.717, 1.165) is 10.4 Å². The molecule has 2 aromatic carbocycles. The lowest BCUT2D eigenvalue weighted by molar-refractivity contribution is -0.208. The lowest BCUT2D eigenvalue weighted by Crippen LogP contribution is -2.67. The Morgan fingerprint density at radius 2 is 1.64 bits per heavy atom. The lowest BCUT2D eigenvalue weighted by Gasteiger charge is -2.44. The van der Waals surface area contributed by atoms with Gasteiger partial charge in [0.05, 0.1) is 19.3 Å². The fourth-order valence-electron chi connectivity index (χ4n) is 4.80. The van der Waals surface area contributed by atoms with Crippen LogP contribution in [0, 0.1) is 0 Å². The van der Waals surface area contributed by atoms with Gasteiger partial charge in [-0.3, -0.25) is 4.79 Å². The van der Waals surface area contributed by atoms with Gasteiger partial charge < -0.3 is 23.7 Å². The largest absolute Gasteiger partial charge is 0.462 e. The number of aliphatic hydroxyl groups is 1. The van der Waals surface area contributed by atoms with Crippen molar-refractivity contribution >= 4 is 30.6 Å². The van der Waals surface area contributed by atoms with Crippen molar-refractivity contribution in [2.45, 2.75) is 70.2 Å². The van der Waals surface area contributed by atoms with E-state index in [-0.39, 0.29) is 18.3 Å². The van der Waals surface area contributed by atoms with Crippen molar-refractivity contribution in [1.29, 1.82) is 0 Å². The molecule has 0 aromatic heterocycles. The Morgan fingerprint density at radius 3 is 2.08 bits per heavy atom. The van der Waals surface area contributed by atoms with E-state index in [1.807, 2.05) is 60.7 Å². The average molecular weight is 519 g/mol. The van der Waals surface area contributed by atoms with E-state index in [1.165, 1.54) is 6.92 Å². The Hall–Kier alpha value is -2.59. The zero-order chi connectivity index (χ0) is 26.6. The molecule has 1 saturated heterocycles. The summed E-state index contributed by atoms with van der Waals surface area (Å²) in [7, 11) is -3.02. The molecular weight excluding hydrogens is 483 g/mol. The Bertz CT molecular complexity index is 988. The first-order chi connectivity index (χ1) is 16.9. The van der Waals surface area contributed by atoms with Crippen LogP contribution in [0.3, 0.4) is 0 Å². The number of hydrogen-bond donors (Lipinski definition) is 1. The van der Waals surface area contributed by atoms with Crippen molar-refractivity contribution in [3.63, 3.8) is 0 Å². The molecule has 1 heterocycles. The zero-order valence-electron chi connectivity index (χ0n) is 21.4. The highest BCUT2D eigenvalue weighted by molar-refractivity contribution is 6.99. The van der Waals surface area contributed by atoms with E-state index in [2.05, 4.69) is 20.8 Å². The van der Waals surface area contributed by atoms with Gasteiger partial charge in [-0.05, 0) is 22.3 Å². The maximum Gasteiger partial charge on any atom is 0.372 e. The molecule has 7 nitrogen and oxygen atoms in total. The smallest absolute Gasteiger partial charge is 0.372 e. The second-order valence-electron chi connectivity index (χ2n) is 9.92. The molecule has 0 amide bonds. The van der Waals surface area contributed by atoms with Crippen LogP contribution >= 0.6 is 0 Å². The minimum absolute atomic E-state index is 0.0427. The molecule has 1 aliphatic rings. The van der Waals surface area contributed by atoms with Gasteiger partial charge in [0.1, 0.15) is 6.10 Å². The molecule has 2 aromatic rings. The van der Waals surface area contributed by atoms with Crippen LogP contribution in [-0.2, 0) is 28.2 Å². The molecule has 0 saturated carbocycles. The van der Waals surface area contributed by atoms with Gasteiger partial charge >= 0.3 is 17.8 Å². The highest BCUT2D eigenvalue weighted by Crippen LogP contribution is 2.39. The van der Waals surface area contributed by atoms with E-state index >= 15 is 4.39 Å². The van der Waals surface area contributed by atoms with Gasteiger partial charge in [-0.15, -0.1) is 0 Å². The second-order valence-corrected chi connectivity index (χ2v) is 14.2. The van der Waals surface area contributed by atoms with E-state index in [4.69, 9.17) is 18.6 Å². The highest BCUT2D eigenvalue weighted by atomic mass is 28.4. The van der Waals surface area contributed by atoms with Crippen molar-refractivity contribution in [2.75, 3.05) is 13.2 Å². The number of hydrogen-bond acceptors (Lipinski definition) is 7. The molecule has 0 bridgehead atoms. The Kier molecular flexibility index (Phi) is 8.71. The summed E-state index contributed by atoms with van der Waals surface area (Å²) in [4.78, 5) is 24.1. The molecule has 1 aliphatic heterocycles. The molecule has 196 valence electrons. The maximum absolute atomic E-state index is 15.3. The number of halogens is 1. The van der Waals surface area contributed by atoms with Crippen molar-refractivity contribution in [3.8, 4) is 0 Å². The third-order valence-corrected chi connectivity index (χ3v) is 11.3. The first kappa shape index (κ1) is 28.0. The van der Waals surface area contributed by atoms with Crippen LogP contribution in [0.5, 0.6) is 0 Å². The molecule has 0 aliphatic carbocycles. The van der Waals surface area contributed by atoms with Crippen LogP contribution in [0.15, 0.2) is 60.7 Å². The maximum atomic E-state index is 15.3. The number of rotatable bonds is 9. The number of carbonyl (C=O) groups is 2. The van der Waals surface area contributed by atoms with Crippen molar-refractivity contribution in [2.24, 2.45) is 0 Å². The minimum Gasteiger partial charge on any atom is -0.462 e. The normalized spacial score (nSPS) is 23.2. The van der Waals surface area contributed by atoms with Crippen LogP contribution < -0.4 is 10.4 Å². The third-order valence-electron chi connectivity index (χ3n) is 6.32. The van der Waals surface area contributed by atoms with Crippen molar-refractivity contribution < 1.29 is 37.7 Å². The Balaban J connectivity index is 2.00. The van der Waals surface area contributed by atoms with Gasteiger partial charge in [0.2, 0.25) is 0 Å². The predicted molar refractivity (Wildman–Crippen MR) is 135 cm³/mol. The quantitative estimate of drug-likeness (QED) is 0.403. The average Bonchev–Trinajstić information content (AvgIpc) is 3.14. The highest BCUT2D eigenvalue weighted by Gasteiger charge is 2.57. The molecule has 3 rings (SSSR count). The summed E-state index contributed by atoms with van der Waals surface area (Å²) in [5.74, 6) is -4.70. The monoisotopic (exact) mass is 518 g/mol. The van der Waals surface area contributed by atoms with Gasteiger partial charge in [0.15, 0.2) is 6.10 Å². The van der Waals surface area contributed by atoms with Gasteiger partial charge in [-0.2, -0.15) is 4.39 Å². The van der Waals surface area contributed by atoms with E-state index in [0.29, 0.717) is 0 Å². The number of alkyl halides is 1. The van der Waals surface area contributed by atoms with E-state index in [9.17, 15) is 14.7 Å². The van der Waals surface area contributed by atoms with E-state index < -0.39 is 50.8 Å². The Labute approximate surface area is 212 Å². The minimum atomic E-state index is -3.02. The zero-order valence-corrected chi connectivity index (χ0v) is 22.4. The number of carbonyl (C=O) groups excluding carboxylic acids is 2. The number of benzene rings is 2. The molecule has 1 N–H and O–H groups in total. The first-order valence-corrected chi connectivity index (χ1v) is 14.0. The van der Waals surface area contributed by atoms with Crippen LogP contribution in [-0.4, -0.2) is 62.7 Å². The first-order valence-electron chi connectivity index (χ1n) is 12.1. The molecular formula is C27H35FO7Si. The summed E-state index contributed by atoms with van der Waals surface area (Å²) in [6.07, 6.45) is -4.52. The van der Waals surface area contributed by atoms with Crippen molar-refractivity contribution in [1.82, 2.24) is 0 Å². The summed E-state index contributed by atoms with van der Waals surface area (Å²) in [6.45, 7) is 8.82. The molecule has 36 heavy (non-hydrogen) atoms. The summed E-state index contributed by atoms with van der Waals surface area (Å²) >= 11 is 0. The Morgan fingerprint density at radius 1 is 1.11 bits per heavy atom. The van der Waals surface area contributed by atoms with Crippen molar-refractivity contribution in [3.05, 3.63) is 60.7 Å². The molecule has 0 radical (unpaired) electrons. The van der Waals surface area contributed by atoms with Gasteiger partial charge in [0, 0.05) is 13.3 Å². The van der Waals surface area contributed by atoms with Gasteiger partial charge in [0.25, 0.3) is 8.32 Å². The van der Waals surface area contributed by atoms with Crippen LogP contribution in [0.2, 0.25) is 5.04 Å². The number of esters is 2. The molecule has 9 heteroatoms. The summed E-state index contributed by atoms with van der Waals surface area (Å²) in [6, 6.07) is 19.7. The van der Waals surface area contributed by atoms with Crippen LogP contribution in [0.25, 0.3) is 0 Å². The molecule has 1 fully saturated rings. The standard InChI is InChI=1S/C27H35FO7Si/c1-6-32-25(31)27(28)17-22(30)24(35-27)23(34-19(2)29)18-33-36(26(3,4)5,20-13-9-7-10-14-20)21-15-11-8-12-16-21/h7-16,22-24,30H,6,17-18H2,1-5H3/t22-,23?,24+,27+/m0/s1. The summed E-state index contributed by atoms with van der Waals surface area (Å²) in [5.41, 5.74) is 0. The molecule has 0 spiro atoms. The van der Waals surface area contributed by atoms with Crippen LogP contribution in [0.1, 0.15) is 41.0 Å². The fourth-order valence-corrected chi connectivity index (χ4v) is 9.37. The number of ether oxygens (including phenoxy) is 3. The SMILES string of the molecule is CCOC(=O)[C@@]1(F)C[C@H](O)[C@H](C(CO[Si](c2ccccc2)(c2ccccc2)C(C)(C)C)OC(C)=O)O1. The summed E-state index contributed by atoms with van der Waals surface area (Å²) in [5, 5.41) is 12.3. The molecule has 1 unspecified atom stereocenters. The summed E-state index contributed by atoms with van der Waals surface area (Å²) < 4.78 is 37.7. The second kappa shape index (κ2) is 11.2. The lowest BCUT2D eigenvalue weighted by atomic mass is 10.1. The molecule has 4 atom stereocenters. The number of aliphatic hydroxyl groups excluding tert-OH is 1. The predicted octanol–water partition coefficient (Wildman–Crippen LogP) is 2.87. The fraction of sp³-hybridized carbons (Fsp3) is 0.481. The third kappa shape index (κ3) is 5.69. The topological polar surface area (TPSA) is 91.3 Å². The van der Waals surface area contributed by atoms with Gasteiger partial charge in [-0.25, -0.2) is 4.79 Å². The van der Waals surface area contributed by atoms with E-state index in [1.54, 1.807) is 6.92 Å².